The molecule has 0 aliphatic rings. The van der Waals surface area contributed by atoms with Gasteiger partial charge in [0, 0.05) is 0 Å². The molecule has 0 fully saturated rings. The zero-order valence-electron chi connectivity index (χ0n) is 8.94. The van der Waals surface area contributed by atoms with Gasteiger partial charge in [-0.2, -0.15) is 5.10 Å². The number of anilines is 1. The largest absolute Gasteiger partial charge is 0.277 e. The van der Waals surface area contributed by atoms with Gasteiger partial charge in [-0.05, 0) is 12.1 Å². The lowest BCUT2D eigenvalue weighted by Gasteiger charge is -2.02. The van der Waals surface area contributed by atoms with Crippen LogP contribution in [0.1, 0.15) is 5.56 Å². The van der Waals surface area contributed by atoms with Gasteiger partial charge in [-0.1, -0.05) is 46.9 Å². The predicted octanol–water partition coefficient (Wildman–Crippen LogP) is 3.88. The minimum atomic E-state index is 0.236. The summed E-state index contributed by atoms with van der Waals surface area (Å²) in [5.41, 5.74) is 3.91. The first-order valence-electron chi connectivity index (χ1n) is 4.88. The molecule has 1 heterocycles. The van der Waals surface area contributed by atoms with E-state index in [9.17, 15) is 0 Å². The molecule has 1 N–H and O–H groups in total. The molecular formula is C11H7Cl3N4. The normalized spacial score (nSPS) is 10.8. The highest BCUT2D eigenvalue weighted by atomic mass is 35.5. The number of para-hydroxylation sites is 1. The van der Waals surface area contributed by atoms with Crippen LogP contribution >= 0.6 is 34.8 Å². The number of nitrogens with one attached hydrogen (secondary N) is 1. The summed E-state index contributed by atoms with van der Waals surface area (Å²) in [5.74, 6) is 0. The lowest BCUT2D eigenvalue weighted by molar-refractivity contribution is 1.16. The van der Waals surface area contributed by atoms with Gasteiger partial charge in [-0.25, -0.2) is 9.97 Å². The smallest absolute Gasteiger partial charge is 0.142 e. The third-order valence-corrected chi connectivity index (χ3v) is 2.97. The van der Waals surface area contributed by atoms with Crippen LogP contribution in [-0.2, 0) is 0 Å². The van der Waals surface area contributed by atoms with E-state index in [0.717, 1.165) is 0 Å². The average molecular weight is 302 g/mol. The first-order chi connectivity index (χ1) is 8.68. The molecule has 0 amide bonds. The molecular weight excluding hydrogens is 295 g/mol. The predicted molar refractivity (Wildman–Crippen MR) is 74.7 cm³/mol. The fraction of sp³-hybridized carbons (Fsp3) is 0. The Bertz CT molecular complexity index is 566. The van der Waals surface area contributed by atoms with Gasteiger partial charge in [0.25, 0.3) is 0 Å². The molecule has 18 heavy (non-hydrogen) atoms. The molecule has 0 saturated carbocycles. The molecule has 0 bridgehead atoms. The van der Waals surface area contributed by atoms with Gasteiger partial charge in [-0.3, -0.25) is 5.43 Å². The molecule has 0 spiro atoms. The maximum absolute atomic E-state index is 5.96. The molecule has 0 saturated heterocycles. The third kappa shape index (κ3) is 3.10. The monoisotopic (exact) mass is 300 g/mol. The Balaban J connectivity index is 2.15. The van der Waals surface area contributed by atoms with Gasteiger partial charge in [0.2, 0.25) is 0 Å². The van der Waals surface area contributed by atoms with Crippen LogP contribution in [-0.4, -0.2) is 16.2 Å². The van der Waals surface area contributed by atoms with Crippen molar-refractivity contribution in [3.05, 3.63) is 51.5 Å². The van der Waals surface area contributed by atoms with E-state index in [0.29, 0.717) is 16.3 Å². The van der Waals surface area contributed by atoms with E-state index in [-0.39, 0.29) is 10.3 Å². The molecule has 0 aliphatic carbocycles. The molecule has 2 aromatic rings. The summed E-state index contributed by atoms with van der Waals surface area (Å²) in [6.07, 6.45) is 2.72. The number of nitrogens with zero attached hydrogens (tertiary/aromatic N) is 3. The SMILES string of the molecule is Clc1ccccc1N/N=C/c1c(Cl)ncnc1Cl. The maximum atomic E-state index is 5.96. The Morgan fingerprint density at radius 3 is 2.39 bits per heavy atom. The summed E-state index contributed by atoms with van der Waals surface area (Å²) in [6.45, 7) is 0. The molecule has 7 heteroatoms. The van der Waals surface area contributed by atoms with Crippen molar-refractivity contribution in [2.75, 3.05) is 5.43 Å². The number of aromatic nitrogens is 2. The van der Waals surface area contributed by atoms with Gasteiger partial charge in [0.15, 0.2) is 0 Å². The van der Waals surface area contributed by atoms with Crippen molar-refractivity contribution in [3.8, 4) is 0 Å². The summed E-state index contributed by atoms with van der Waals surface area (Å²) < 4.78 is 0. The molecule has 1 aromatic heterocycles. The second kappa shape index (κ2) is 6.00. The van der Waals surface area contributed by atoms with Crippen LogP contribution in [0.25, 0.3) is 0 Å². The first kappa shape index (κ1) is 13.1. The highest BCUT2D eigenvalue weighted by molar-refractivity contribution is 6.37. The van der Waals surface area contributed by atoms with E-state index >= 15 is 0 Å². The molecule has 0 atom stereocenters. The van der Waals surface area contributed by atoms with Gasteiger partial charge < -0.3 is 0 Å². The highest BCUT2D eigenvalue weighted by Gasteiger charge is 2.04. The minimum Gasteiger partial charge on any atom is -0.277 e. The molecule has 4 nitrogen and oxygen atoms in total. The topological polar surface area (TPSA) is 50.2 Å². The standard InChI is InChI=1S/C11H7Cl3N4/c12-8-3-1-2-4-9(8)18-17-5-7-10(13)15-6-16-11(7)14/h1-6,18H/b17-5+. The molecule has 0 unspecified atom stereocenters. The van der Waals surface area contributed by atoms with Crippen molar-refractivity contribution in [1.82, 2.24) is 9.97 Å². The van der Waals surface area contributed by atoms with Gasteiger partial charge >= 0.3 is 0 Å². The molecule has 0 radical (unpaired) electrons. The lowest BCUT2D eigenvalue weighted by Crippen LogP contribution is -1.95. The van der Waals surface area contributed by atoms with Gasteiger partial charge in [0.05, 0.1) is 22.5 Å². The van der Waals surface area contributed by atoms with E-state index in [1.54, 1.807) is 12.1 Å². The van der Waals surface area contributed by atoms with E-state index < -0.39 is 0 Å². The minimum absolute atomic E-state index is 0.236. The fourth-order valence-electron chi connectivity index (χ4n) is 1.18. The van der Waals surface area contributed by atoms with Crippen molar-refractivity contribution in [2.24, 2.45) is 5.10 Å². The number of hydrogen-bond donors (Lipinski definition) is 1. The van der Waals surface area contributed by atoms with E-state index in [4.69, 9.17) is 34.8 Å². The highest BCUT2D eigenvalue weighted by Crippen LogP contribution is 2.21. The van der Waals surface area contributed by atoms with E-state index in [1.165, 1.54) is 12.5 Å². The quantitative estimate of drug-likeness (QED) is 0.532. The number of benzene rings is 1. The zero-order valence-corrected chi connectivity index (χ0v) is 11.2. The Hall–Kier alpha value is -1.36. The van der Waals surface area contributed by atoms with Crippen molar-refractivity contribution < 1.29 is 0 Å². The van der Waals surface area contributed by atoms with Crippen molar-refractivity contribution in [2.45, 2.75) is 0 Å². The van der Waals surface area contributed by atoms with Crippen LogP contribution in [0, 0.1) is 0 Å². The summed E-state index contributed by atoms with van der Waals surface area (Å²) in [4.78, 5) is 7.62. The molecule has 0 aliphatic heterocycles. The fourth-order valence-corrected chi connectivity index (χ4v) is 1.77. The summed E-state index contributed by atoms with van der Waals surface area (Å²) in [7, 11) is 0. The Kier molecular flexibility index (Phi) is 4.36. The summed E-state index contributed by atoms with van der Waals surface area (Å²) in [5, 5.41) is 5.02. The summed E-state index contributed by atoms with van der Waals surface area (Å²) in [6, 6.07) is 7.22. The number of hydrazone groups is 1. The van der Waals surface area contributed by atoms with Gasteiger partial charge in [-0.15, -0.1) is 0 Å². The summed E-state index contributed by atoms with van der Waals surface area (Å²) >= 11 is 17.7. The third-order valence-electron chi connectivity index (χ3n) is 2.04. The van der Waals surface area contributed by atoms with Crippen LogP contribution in [0.4, 0.5) is 5.69 Å². The van der Waals surface area contributed by atoms with Crippen molar-refractivity contribution >= 4 is 46.7 Å². The van der Waals surface area contributed by atoms with Crippen molar-refractivity contribution in [3.63, 3.8) is 0 Å². The first-order valence-corrected chi connectivity index (χ1v) is 6.01. The zero-order chi connectivity index (χ0) is 13.0. The maximum Gasteiger partial charge on any atom is 0.142 e. The average Bonchev–Trinajstić information content (AvgIpc) is 2.35. The van der Waals surface area contributed by atoms with Gasteiger partial charge in [0.1, 0.15) is 16.6 Å². The second-order valence-electron chi connectivity index (χ2n) is 3.22. The Morgan fingerprint density at radius 2 is 1.72 bits per heavy atom. The molecule has 92 valence electrons. The number of rotatable bonds is 3. The van der Waals surface area contributed by atoms with E-state index in [1.807, 2.05) is 12.1 Å². The Labute approximate surface area is 119 Å². The second-order valence-corrected chi connectivity index (χ2v) is 4.34. The van der Waals surface area contributed by atoms with Crippen LogP contribution in [0.2, 0.25) is 15.3 Å². The van der Waals surface area contributed by atoms with Crippen LogP contribution in [0.3, 0.4) is 0 Å². The van der Waals surface area contributed by atoms with Crippen molar-refractivity contribution in [1.29, 1.82) is 0 Å². The molecule has 2 rings (SSSR count). The number of halogens is 3. The number of hydrogen-bond acceptors (Lipinski definition) is 4. The van der Waals surface area contributed by atoms with Crippen LogP contribution in [0.15, 0.2) is 35.7 Å². The Morgan fingerprint density at radius 1 is 1.06 bits per heavy atom. The van der Waals surface area contributed by atoms with Crippen LogP contribution in [0.5, 0.6) is 0 Å². The van der Waals surface area contributed by atoms with E-state index in [2.05, 4.69) is 20.5 Å². The molecule has 1 aromatic carbocycles. The van der Waals surface area contributed by atoms with Crippen LogP contribution < -0.4 is 5.43 Å². The lowest BCUT2D eigenvalue weighted by atomic mass is 10.3.